The minimum Gasteiger partial charge on any atom is -0.491 e. The average molecular weight is 250 g/mol. The number of anilines is 1. The molecule has 0 heterocycles. The molecule has 2 N–H and O–H groups in total. The highest BCUT2D eigenvalue weighted by Gasteiger charge is 1.99. The Hall–Kier alpha value is -1.71. The van der Waals surface area contributed by atoms with Crippen LogP contribution in [0.3, 0.4) is 0 Å². The maximum atomic E-state index is 11.0. The third-order valence-electron chi connectivity index (χ3n) is 2.41. The Morgan fingerprint density at radius 2 is 1.94 bits per heavy atom. The molecule has 0 unspecified atom stereocenters. The van der Waals surface area contributed by atoms with Crippen molar-refractivity contribution < 1.29 is 9.53 Å². The fourth-order valence-electron chi connectivity index (χ4n) is 1.53. The third kappa shape index (κ3) is 5.57. The topological polar surface area (TPSA) is 50.4 Å². The first-order chi connectivity index (χ1) is 8.61. The van der Waals surface area contributed by atoms with E-state index in [-0.39, 0.29) is 12.0 Å². The first kappa shape index (κ1) is 14.4. The number of hydrogen-bond donors (Lipinski definition) is 2. The van der Waals surface area contributed by atoms with Crippen LogP contribution in [0.5, 0.6) is 5.75 Å². The van der Waals surface area contributed by atoms with Gasteiger partial charge >= 0.3 is 0 Å². The van der Waals surface area contributed by atoms with Crippen LogP contribution < -0.4 is 15.4 Å². The number of hydrogen-bond acceptors (Lipinski definition) is 3. The first-order valence-corrected chi connectivity index (χ1v) is 6.33. The number of nitrogens with one attached hydrogen (secondary N) is 2. The molecular formula is C14H22N2O2. The molecule has 0 saturated carbocycles. The van der Waals surface area contributed by atoms with Crippen molar-refractivity contribution in [2.75, 3.05) is 18.9 Å². The molecule has 0 radical (unpaired) electrons. The van der Waals surface area contributed by atoms with Crippen LogP contribution in [0.4, 0.5) is 5.69 Å². The molecule has 4 heteroatoms. The molecule has 18 heavy (non-hydrogen) atoms. The molecule has 0 aliphatic heterocycles. The molecule has 0 aliphatic carbocycles. The number of rotatable bonds is 7. The van der Waals surface area contributed by atoms with Gasteiger partial charge < -0.3 is 15.4 Å². The van der Waals surface area contributed by atoms with Gasteiger partial charge in [0.1, 0.15) is 5.75 Å². The number of ether oxygens (including phenoxy) is 1. The van der Waals surface area contributed by atoms with E-state index < -0.39 is 0 Å². The van der Waals surface area contributed by atoms with Gasteiger partial charge in [0, 0.05) is 25.7 Å². The lowest BCUT2D eigenvalue weighted by atomic mass is 10.2. The van der Waals surface area contributed by atoms with Gasteiger partial charge in [-0.25, -0.2) is 0 Å². The second-order valence-corrected chi connectivity index (χ2v) is 4.39. The van der Waals surface area contributed by atoms with Crippen molar-refractivity contribution in [2.24, 2.45) is 0 Å². The van der Waals surface area contributed by atoms with Gasteiger partial charge in [0.05, 0.1) is 6.10 Å². The van der Waals surface area contributed by atoms with Crippen LogP contribution in [0.2, 0.25) is 0 Å². The van der Waals surface area contributed by atoms with Gasteiger partial charge in [-0.1, -0.05) is 0 Å². The molecule has 0 aromatic heterocycles. The molecule has 0 aliphatic rings. The highest BCUT2D eigenvalue weighted by Crippen LogP contribution is 2.16. The normalized spacial score (nSPS) is 10.2. The molecule has 4 nitrogen and oxygen atoms in total. The zero-order valence-corrected chi connectivity index (χ0v) is 11.3. The second-order valence-electron chi connectivity index (χ2n) is 4.39. The standard InChI is InChI=1S/C14H22N2O2/c1-11(2)18-13-8-6-12(7-9-13)16-10-4-5-14(17)15-3/h6-9,11,16H,4-5,10H2,1-3H3,(H,15,17). The smallest absolute Gasteiger partial charge is 0.219 e. The molecule has 0 spiro atoms. The fraction of sp³-hybridized carbons (Fsp3) is 0.500. The van der Waals surface area contributed by atoms with Crippen molar-refractivity contribution in [1.29, 1.82) is 0 Å². The Labute approximate surface area is 109 Å². The van der Waals surface area contributed by atoms with E-state index in [1.165, 1.54) is 0 Å². The Balaban J connectivity index is 2.28. The lowest BCUT2D eigenvalue weighted by Crippen LogP contribution is -2.18. The molecule has 0 saturated heterocycles. The van der Waals surface area contributed by atoms with Crippen molar-refractivity contribution in [2.45, 2.75) is 32.8 Å². The van der Waals surface area contributed by atoms with E-state index in [0.29, 0.717) is 6.42 Å². The molecule has 1 aromatic carbocycles. The van der Waals surface area contributed by atoms with E-state index in [4.69, 9.17) is 4.74 Å². The van der Waals surface area contributed by atoms with Crippen LogP contribution in [-0.2, 0) is 4.79 Å². The Morgan fingerprint density at radius 3 is 2.50 bits per heavy atom. The average Bonchev–Trinajstić information content (AvgIpc) is 2.35. The highest BCUT2D eigenvalue weighted by molar-refractivity contribution is 5.75. The van der Waals surface area contributed by atoms with E-state index >= 15 is 0 Å². The van der Waals surface area contributed by atoms with Gasteiger partial charge in [0.15, 0.2) is 0 Å². The van der Waals surface area contributed by atoms with Crippen LogP contribution in [0.25, 0.3) is 0 Å². The fourth-order valence-corrected chi connectivity index (χ4v) is 1.53. The summed E-state index contributed by atoms with van der Waals surface area (Å²) >= 11 is 0. The Bertz CT molecular complexity index is 361. The third-order valence-corrected chi connectivity index (χ3v) is 2.41. The number of amides is 1. The lowest BCUT2D eigenvalue weighted by molar-refractivity contribution is -0.120. The van der Waals surface area contributed by atoms with E-state index in [2.05, 4.69) is 10.6 Å². The molecule has 1 aromatic rings. The van der Waals surface area contributed by atoms with Gasteiger partial charge in [-0.15, -0.1) is 0 Å². The van der Waals surface area contributed by atoms with Crippen LogP contribution in [0, 0.1) is 0 Å². The predicted octanol–water partition coefficient (Wildman–Crippen LogP) is 2.41. The molecule has 1 rings (SSSR count). The summed E-state index contributed by atoms with van der Waals surface area (Å²) in [7, 11) is 1.66. The van der Waals surface area contributed by atoms with E-state index in [1.807, 2.05) is 38.1 Å². The van der Waals surface area contributed by atoms with Crippen LogP contribution in [0.15, 0.2) is 24.3 Å². The van der Waals surface area contributed by atoms with Crippen molar-refractivity contribution >= 4 is 11.6 Å². The van der Waals surface area contributed by atoms with Crippen LogP contribution in [-0.4, -0.2) is 25.6 Å². The van der Waals surface area contributed by atoms with E-state index in [0.717, 1.165) is 24.4 Å². The van der Waals surface area contributed by atoms with Crippen molar-refractivity contribution in [3.63, 3.8) is 0 Å². The molecule has 100 valence electrons. The summed E-state index contributed by atoms with van der Waals surface area (Å²) in [6, 6.07) is 7.86. The van der Waals surface area contributed by atoms with Gasteiger partial charge in [0.25, 0.3) is 0 Å². The zero-order valence-electron chi connectivity index (χ0n) is 11.3. The minimum atomic E-state index is 0.0810. The molecule has 0 atom stereocenters. The Morgan fingerprint density at radius 1 is 1.28 bits per heavy atom. The SMILES string of the molecule is CNC(=O)CCCNc1ccc(OC(C)C)cc1. The minimum absolute atomic E-state index is 0.0810. The quantitative estimate of drug-likeness (QED) is 0.731. The summed E-state index contributed by atoms with van der Waals surface area (Å²) < 4.78 is 5.56. The number of benzene rings is 1. The molecule has 0 fully saturated rings. The molecule has 0 bridgehead atoms. The van der Waals surface area contributed by atoms with Crippen LogP contribution >= 0.6 is 0 Å². The molecule has 1 amide bonds. The van der Waals surface area contributed by atoms with Gasteiger partial charge in [-0.05, 0) is 44.5 Å². The number of carbonyl (C=O) groups is 1. The van der Waals surface area contributed by atoms with E-state index in [1.54, 1.807) is 7.05 Å². The summed E-state index contributed by atoms with van der Waals surface area (Å²) in [4.78, 5) is 11.0. The zero-order chi connectivity index (χ0) is 13.4. The lowest BCUT2D eigenvalue weighted by Gasteiger charge is -2.11. The van der Waals surface area contributed by atoms with Gasteiger partial charge in [-0.2, -0.15) is 0 Å². The molecular weight excluding hydrogens is 228 g/mol. The second kappa shape index (κ2) is 7.58. The van der Waals surface area contributed by atoms with E-state index in [9.17, 15) is 4.79 Å². The monoisotopic (exact) mass is 250 g/mol. The van der Waals surface area contributed by atoms with Crippen LogP contribution in [0.1, 0.15) is 26.7 Å². The van der Waals surface area contributed by atoms with Crippen molar-refractivity contribution in [1.82, 2.24) is 5.32 Å². The summed E-state index contributed by atoms with van der Waals surface area (Å²) in [6.07, 6.45) is 1.57. The Kier molecular flexibility index (Phi) is 6.05. The summed E-state index contributed by atoms with van der Waals surface area (Å²) in [6.45, 7) is 4.80. The maximum absolute atomic E-state index is 11.0. The summed E-state index contributed by atoms with van der Waals surface area (Å²) in [5, 5.41) is 5.88. The van der Waals surface area contributed by atoms with Crippen molar-refractivity contribution in [3.05, 3.63) is 24.3 Å². The van der Waals surface area contributed by atoms with Crippen molar-refractivity contribution in [3.8, 4) is 5.75 Å². The van der Waals surface area contributed by atoms with Gasteiger partial charge in [0.2, 0.25) is 5.91 Å². The summed E-state index contributed by atoms with van der Waals surface area (Å²) in [5.74, 6) is 0.957. The highest BCUT2D eigenvalue weighted by atomic mass is 16.5. The largest absolute Gasteiger partial charge is 0.491 e. The maximum Gasteiger partial charge on any atom is 0.219 e. The predicted molar refractivity (Wildman–Crippen MR) is 74.0 cm³/mol. The first-order valence-electron chi connectivity index (χ1n) is 6.33. The van der Waals surface area contributed by atoms with Gasteiger partial charge in [-0.3, -0.25) is 4.79 Å². The summed E-state index contributed by atoms with van der Waals surface area (Å²) in [5.41, 5.74) is 1.04. The number of carbonyl (C=O) groups excluding carboxylic acids is 1.